The summed E-state index contributed by atoms with van der Waals surface area (Å²) in [6.07, 6.45) is 2.34. The van der Waals surface area contributed by atoms with Crippen LogP contribution in [-0.4, -0.2) is 48.8 Å². The van der Waals surface area contributed by atoms with Gasteiger partial charge in [-0.25, -0.2) is 9.02 Å². The lowest BCUT2D eigenvalue weighted by molar-refractivity contribution is -0.106. The molecule has 2 heterocycles. The van der Waals surface area contributed by atoms with Gasteiger partial charge in [0.1, 0.15) is 12.9 Å². The lowest BCUT2D eigenvalue weighted by Crippen LogP contribution is -2.36. The number of amides is 1. The summed E-state index contributed by atoms with van der Waals surface area (Å²) in [5, 5.41) is 18.2. The SMILES string of the molecule is CO/N=C(/c1nonc1NC1CCNCC1)N(C=O)c1ccc(F)c(Br)c1. The maximum absolute atomic E-state index is 13.6. The average Bonchev–Trinajstić information content (AvgIpc) is 3.13. The number of nitrogens with one attached hydrogen (secondary N) is 2. The van der Waals surface area contributed by atoms with Crippen LogP contribution < -0.4 is 15.5 Å². The molecule has 0 aliphatic carbocycles. The van der Waals surface area contributed by atoms with Crippen LogP contribution in [0.3, 0.4) is 0 Å². The van der Waals surface area contributed by atoms with Gasteiger partial charge in [0.25, 0.3) is 0 Å². The van der Waals surface area contributed by atoms with Gasteiger partial charge in [-0.05, 0) is 70.4 Å². The molecule has 3 rings (SSSR count). The van der Waals surface area contributed by atoms with Crippen LogP contribution in [-0.2, 0) is 9.63 Å². The van der Waals surface area contributed by atoms with E-state index in [2.05, 4.69) is 42.0 Å². The Labute approximate surface area is 163 Å². The van der Waals surface area contributed by atoms with Crippen molar-refractivity contribution < 1.29 is 18.7 Å². The quantitative estimate of drug-likeness (QED) is 0.306. The fourth-order valence-corrected chi connectivity index (χ4v) is 3.11. The molecule has 2 aromatic rings. The van der Waals surface area contributed by atoms with E-state index < -0.39 is 5.82 Å². The highest BCUT2D eigenvalue weighted by atomic mass is 79.9. The second-order valence-electron chi connectivity index (χ2n) is 5.80. The number of hydrogen-bond acceptors (Lipinski definition) is 8. The number of hydrogen-bond donors (Lipinski definition) is 2. The first-order chi connectivity index (χ1) is 13.1. The molecule has 1 aromatic heterocycles. The van der Waals surface area contributed by atoms with Gasteiger partial charge in [0.15, 0.2) is 5.69 Å². The van der Waals surface area contributed by atoms with Gasteiger partial charge in [0.05, 0.1) is 10.2 Å². The van der Waals surface area contributed by atoms with Gasteiger partial charge in [-0.3, -0.25) is 9.69 Å². The molecule has 0 spiro atoms. The Morgan fingerprint density at radius 1 is 1.48 bits per heavy atom. The summed E-state index contributed by atoms with van der Waals surface area (Å²) in [7, 11) is 1.34. The highest BCUT2D eigenvalue weighted by Gasteiger charge is 2.26. The van der Waals surface area contributed by atoms with E-state index in [1.165, 1.54) is 30.2 Å². The van der Waals surface area contributed by atoms with Crippen molar-refractivity contribution in [2.24, 2.45) is 5.16 Å². The Balaban J connectivity index is 1.93. The van der Waals surface area contributed by atoms with Gasteiger partial charge in [-0.1, -0.05) is 5.16 Å². The molecule has 1 aliphatic heterocycles. The number of aromatic nitrogens is 2. The Hall–Kier alpha value is -2.53. The molecule has 0 atom stereocenters. The van der Waals surface area contributed by atoms with E-state index in [1.807, 2.05) is 0 Å². The summed E-state index contributed by atoms with van der Waals surface area (Å²) >= 11 is 3.11. The zero-order chi connectivity index (χ0) is 19.2. The highest BCUT2D eigenvalue weighted by molar-refractivity contribution is 9.10. The zero-order valence-electron chi connectivity index (χ0n) is 14.5. The standard InChI is InChI=1S/C16H18BrFN6O3/c1-26-23-16(24(9-25)11-2-3-13(18)12(17)8-11)14-15(22-27-21-14)20-10-4-6-19-7-5-10/h2-3,8-10,19H,4-7H2,1H3,(H,20,22)/b23-16-. The third-order valence-corrected chi connectivity index (χ3v) is 4.68. The van der Waals surface area contributed by atoms with Crippen molar-refractivity contribution in [3.63, 3.8) is 0 Å². The molecule has 2 N–H and O–H groups in total. The van der Waals surface area contributed by atoms with Crippen LogP contribution in [0.1, 0.15) is 18.5 Å². The molecule has 0 radical (unpaired) electrons. The molecule has 144 valence electrons. The molecule has 11 heteroatoms. The maximum Gasteiger partial charge on any atom is 0.220 e. The first-order valence-corrected chi connectivity index (χ1v) is 9.04. The van der Waals surface area contributed by atoms with Crippen molar-refractivity contribution in [2.75, 3.05) is 30.4 Å². The van der Waals surface area contributed by atoms with Gasteiger partial charge >= 0.3 is 0 Å². The van der Waals surface area contributed by atoms with Crippen LogP contribution >= 0.6 is 15.9 Å². The number of carbonyl (C=O) groups excluding carboxylic acids is 1. The van der Waals surface area contributed by atoms with Crippen LogP contribution in [0.2, 0.25) is 0 Å². The van der Waals surface area contributed by atoms with Crippen molar-refractivity contribution in [1.29, 1.82) is 0 Å². The third kappa shape index (κ3) is 4.42. The van der Waals surface area contributed by atoms with Gasteiger partial charge in [-0.2, -0.15) is 0 Å². The third-order valence-electron chi connectivity index (χ3n) is 4.07. The smallest absolute Gasteiger partial charge is 0.220 e. The Kier molecular flexibility index (Phi) is 6.35. The van der Waals surface area contributed by atoms with E-state index in [-0.39, 0.29) is 22.0 Å². The predicted molar refractivity (Wildman–Crippen MR) is 100 cm³/mol. The van der Waals surface area contributed by atoms with E-state index in [1.54, 1.807) is 0 Å². The Bertz CT molecular complexity index is 824. The van der Waals surface area contributed by atoms with Crippen molar-refractivity contribution in [2.45, 2.75) is 18.9 Å². The molecule has 9 nitrogen and oxygen atoms in total. The molecule has 1 aromatic carbocycles. The normalized spacial score (nSPS) is 15.4. The number of amidine groups is 1. The first kappa shape index (κ1) is 19.2. The molecule has 1 fully saturated rings. The van der Waals surface area contributed by atoms with Crippen molar-refractivity contribution in [3.05, 3.63) is 34.2 Å². The molecular formula is C16H18BrFN6O3. The number of rotatable bonds is 6. The fourth-order valence-electron chi connectivity index (χ4n) is 2.75. The van der Waals surface area contributed by atoms with E-state index in [0.29, 0.717) is 17.9 Å². The minimum absolute atomic E-state index is 0.0590. The van der Waals surface area contributed by atoms with E-state index in [0.717, 1.165) is 25.9 Å². The van der Waals surface area contributed by atoms with Gasteiger partial charge in [0.2, 0.25) is 18.1 Å². The van der Waals surface area contributed by atoms with E-state index >= 15 is 0 Å². The van der Waals surface area contributed by atoms with Crippen molar-refractivity contribution >= 4 is 39.7 Å². The number of piperidine rings is 1. The van der Waals surface area contributed by atoms with Crippen molar-refractivity contribution in [1.82, 2.24) is 15.6 Å². The van der Waals surface area contributed by atoms with Crippen molar-refractivity contribution in [3.8, 4) is 0 Å². The molecule has 0 saturated carbocycles. The lowest BCUT2D eigenvalue weighted by Gasteiger charge is -2.24. The molecule has 27 heavy (non-hydrogen) atoms. The topological polar surface area (TPSA) is 105 Å². The second-order valence-corrected chi connectivity index (χ2v) is 6.66. The number of benzene rings is 1. The summed E-state index contributed by atoms with van der Waals surface area (Å²) in [6.45, 7) is 1.78. The van der Waals surface area contributed by atoms with Crippen LogP contribution in [0.4, 0.5) is 15.9 Å². The van der Waals surface area contributed by atoms with E-state index in [4.69, 9.17) is 9.47 Å². The number of oxime groups is 1. The van der Waals surface area contributed by atoms with Gasteiger partial charge in [-0.15, -0.1) is 0 Å². The van der Waals surface area contributed by atoms with Gasteiger partial charge in [0, 0.05) is 6.04 Å². The van der Waals surface area contributed by atoms with Gasteiger partial charge < -0.3 is 15.5 Å². The zero-order valence-corrected chi connectivity index (χ0v) is 16.1. The maximum atomic E-state index is 13.6. The van der Waals surface area contributed by atoms with Crippen LogP contribution in [0.25, 0.3) is 0 Å². The monoisotopic (exact) mass is 440 g/mol. The Morgan fingerprint density at radius 3 is 2.93 bits per heavy atom. The number of halogens is 2. The summed E-state index contributed by atoms with van der Waals surface area (Å²) in [5.41, 5.74) is 0.577. The fraction of sp³-hybridized carbons (Fsp3) is 0.375. The second kappa shape index (κ2) is 8.91. The van der Waals surface area contributed by atoms with Crippen LogP contribution in [0.5, 0.6) is 0 Å². The molecule has 0 bridgehead atoms. The molecule has 0 unspecified atom stereocenters. The predicted octanol–water partition coefficient (Wildman–Crippen LogP) is 2.11. The molecule has 1 amide bonds. The summed E-state index contributed by atoms with van der Waals surface area (Å²) < 4.78 is 18.6. The first-order valence-electron chi connectivity index (χ1n) is 8.25. The lowest BCUT2D eigenvalue weighted by atomic mass is 10.1. The number of anilines is 2. The minimum atomic E-state index is -0.453. The van der Waals surface area contributed by atoms with E-state index in [9.17, 15) is 9.18 Å². The summed E-state index contributed by atoms with van der Waals surface area (Å²) in [4.78, 5) is 17.8. The van der Waals surface area contributed by atoms with Crippen LogP contribution in [0.15, 0.2) is 32.5 Å². The minimum Gasteiger partial charge on any atom is -0.397 e. The largest absolute Gasteiger partial charge is 0.397 e. The molecule has 1 aliphatic rings. The molecular weight excluding hydrogens is 423 g/mol. The highest BCUT2D eigenvalue weighted by Crippen LogP contribution is 2.25. The Morgan fingerprint density at radius 2 is 2.26 bits per heavy atom. The number of carbonyl (C=O) groups is 1. The molecule has 1 saturated heterocycles. The average molecular weight is 441 g/mol. The van der Waals surface area contributed by atoms with Crippen LogP contribution in [0, 0.1) is 5.82 Å². The summed E-state index contributed by atoms with van der Waals surface area (Å²) in [5.74, 6) is -0.0411. The summed E-state index contributed by atoms with van der Waals surface area (Å²) in [6, 6.07) is 4.30. The number of nitrogens with zero attached hydrogens (tertiary/aromatic N) is 4.